The average molecular weight is 426 g/mol. The predicted molar refractivity (Wildman–Crippen MR) is 106 cm³/mol. The summed E-state index contributed by atoms with van der Waals surface area (Å²) in [6.07, 6.45) is -3.92. The maximum absolute atomic E-state index is 12.7. The number of carbonyl (C=O) groups is 1. The third-order valence-corrected chi connectivity index (χ3v) is 4.72. The molecule has 0 saturated carbocycles. The van der Waals surface area contributed by atoms with Crippen molar-refractivity contribution in [2.24, 2.45) is 17.6 Å². The molecule has 0 heterocycles. The molecule has 28 heavy (non-hydrogen) atoms. The fourth-order valence-corrected chi connectivity index (χ4v) is 2.81. The van der Waals surface area contributed by atoms with Gasteiger partial charge < -0.3 is 15.2 Å². The zero-order valence-corrected chi connectivity index (χ0v) is 17.8. The molecule has 0 aliphatic heterocycles. The van der Waals surface area contributed by atoms with Crippen molar-refractivity contribution in [2.45, 2.75) is 71.9 Å². The number of benzene rings is 1. The van der Waals surface area contributed by atoms with E-state index in [-0.39, 0.29) is 24.2 Å². The van der Waals surface area contributed by atoms with E-state index in [1.54, 1.807) is 6.92 Å². The lowest BCUT2D eigenvalue weighted by atomic mass is 9.93. The highest BCUT2D eigenvalue weighted by Crippen LogP contribution is 2.31. The number of carbonyl (C=O) groups excluding carboxylic acids is 1. The summed E-state index contributed by atoms with van der Waals surface area (Å²) in [5.74, 6) is -0.196. The van der Waals surface area contributed by atoms with Crippen molar-refractivity contribution in [3.63, 3.8) is 0 Å². The van der Waals surface area contributed by atoms with Gasteiger partial charge in [0.15, 0.2) is 0 Å². The van der Waals surface area contributed by atoms with Crippen molar-refractivity contribution >= 4 is 18.4 Å². The van der Waals surface area contributed by atoms with Gasteiger partial charge in [-0.05, 0) is 55.9 Å². The van der Waals surface area contributed by atoms with E-state index in [1.165, 1.54) is 12.1 Å². The molecule has 0 bridgehead atoms. The third kappa shape index (κ3) is 7.51. The zero-order chi connectivity index (χ0) is 20.8. The molecule has 0 spiro atoms. The van der Waals surface area contributed by atoms with Gasteiger partial charge in [0.1, 0.15) is 24.0 Å². The number of halogens is 4. The van der Waals surface area contributed by atoms with Crippen molar-refractivity contribution < 1.29 is 27.4 Å². The molecule has 1 rings (SSSR count). The Labute approximate surface area is 171 Å². The summed E-state index contributed by atoms with van der Waals surface area (Å²) in [7, 11) is 0. The monoisotopic (exact) mass is 425 g/mol. The van der Waals surface area contributed by atoms with Crippen LogP contribution in [0.5, 0.6) is 5.75 Å². The van der Waals surface area contributed by atoms with E-state index in [4.69, 9.17) is 15.2 Å². The summed E-state index contributed by atoms with van der Waals surface area (Å²) in [4.78, 5) is 12.2. The number of esters is 1. The van der Waals surface area contributed by atoms with Crippen molar-refractivity contribution in [3.05, 3.63) is 29.8 Å². The van der Waals surface area contributed by atoms with Crippen molar-refractivity contribution in [2.75, 3.05) is 0 Å². The van der Waals surface area contributed by atoms with Gasteiger partial charge in [0.05, 0.1) is 5.56 Å². The summed E-state index contributed by atoms with van der Waals surface area (Å²) >= 11 is 0. The molecule has 0 aromatic heterocycles. The Kier molecular flexibility index (Phi) is 10.9. The summed E-state index contributed by atoms with van der Waals surface area (Å²) in [5.41, 5.74) is 5.10. The first-order valence-corrected chi connectivity index (χ1v) is 9.31. The SMILES string of the molecule is CCC(CC)[C@@H](Oc1ccc(C(F)(F)F)cc1)[C@H](C)OC(=O)[C@@H](N)C(C)C.Cl. The van der Waals surface area contributed by atoms with Gasteiger partial charge in [-0.15, -0.1) is 12.4 Å². The van der Waals surface area contributed by atoms with Crippen LogP contribution >= 0.6 is 12.4 Å². The highest BCUT2D eigenvalue weighted by Gasteiger charge is 2.33. The molecule has 4 nitrogen and oxygen atoms in total. The molecule has 3 atom stereocenters. The molecule has 8 heteroatoms. The fourth-order valence-electron chi connectivity index (χ4n) is 2.81. The molecule has 0 unspecified atom stereocenters. The van der Waals surface area contributed by atoms with Crippen LogP contribution in [0.3, 0.4) is 0 Å². The average Bonchev–Trinajstić information content (AvgIpc) is 2.60. The van der Waals surface area contributed by atoms with E-state index >= 15 is 0 Å². The molecule has 1 aromatic carbocycles. The van der Waals surface area contributed by atoms with Gasteiger partial charge in [-0.1, -0.05) is 27.7 Å². The molecule has 2 N–H and O–H groups in total. The first-order chi connectivity index (χ1) is 12.5. The Morgan fingerprint density at radius 1 is 1.07 bits per heavy atom. The molecule has 162 valence electrons. The zero-order valence-electron chi connectivity index (χ0n) is 17.0. The molecular weight excluding hydrogens is 395 g/mol. The maximum Gasteiger partial charge on any atom is 0.416 e. The van der Waals surface area contributed by atoms with Crippen LogP contribution in [-0.4, -0.2) is 24.2 Å². The maximum atomic E-state index is 12.7. The molecule has 0 radical (unpaired) electrons. The summed E-state index contributed by atoms with van der Waals surface area (Å²) in [5, 5.41) is 0. The second kappa shape index (κ2) is 11.5. The first kappa shape index (κ1) is 26.5. The van der Waals surface area contributed by atoms with Crippen LogP contribution in [0.4, 0.5) is 13.2 Å². The molecular formula is C20H31ClF3NO3. The Morgan fingerprint density at radius 3 is 1.96 bits per heavy atom. The second-order valence-corrected chi connectivity index (χ2v) is 7.09. The summed E-state index contributed by atoms with van der Waals surface area (Å²) < 4.78 is 49.6. The van der Waals surface area contributed by atoms with Crippen LogP contribution in [0.2, 0.25) is 0 Å². The van der Waals surface area contributed by atoms with E-state index in [0.717, 1.165) is 25.0 Å². The van der Waals surface area contributed by atoms with E-state index in [1.807, 2.05) is 27.7 Å². The minimum atomic E-state index is -4.40. The Bertz CT molecular complexity index is 589. The Morgan fingerprint density at radius 2 is 1.57 bits per heavy atom. The molecule has 0 aliphatic rings. The number of hydrogen-bond acceptors (Lipinski definition) is 4. The van der Waals surface area contributed by atoms with Crippen molar-refractivity contribution in [1.29, 1.82) is 0 Å². The van der Waals surface area contributed by atoms with E-state index < -0.39 is 36.0 Å². The smallest absolute Gasteiger partial charge is 0.416 e. The van der Waals surface area contributed by atoms with Crippen molar-refractivity contribution in [1.82, 2.24) is 0 Å². The molecule has 0 fully saturated rings. The first-order valence-electron chi connectivity index (χ1n) is 9.31. The quantitative estimate of drug-likeness (QED) is 0.550. The minimum absolute atomic E-state index is 0. The lowest BCUT2D eigenvalue weighted by Crippen LogP contribution is -2.44. The van der Waals surface area contributed by atoms with E-state index in [9.17, 15) is 18.0 Å². The van der Waals surface area contributed by atoms with Gasteiger partial charge in [0, 0.05) is 0 Å². The van der Waals surface area contributed by atoms with Gasteiger partial charge in [-0.3, -0.25) is 4.79 Å². The number of alkyl halides is 3. The fraction of sp³-hybridized carbons (Fsp3) is 0.650. The minimum Gasteiger partial charge on any atom is -0.486 e. The highest BCUT2D eigenvalue weighted by atomic mass is 35.5. The van der Waals surface area contributed by atoms with Crippen LogP contribution in [0, 0.1) is 11.8 Å². The summed E-state index contributed by atoms with van der Waals surface area (Å²) in [6.45, 7) is 9.36. The van der Waals surface area contributed by atoms with E-state index in [0.29, 0.717) is 5.75 Å². The van der Waals surface area contributed by atoms with Crippen LogP contribution in [-0.2, 0) is 15.7 Å². The number of rotatable bonds is 9. The molecule has 0 saturated heterocycles. The normalized spacial score (nSPS) is 15.0. The lowest BCUT2D eigenvalue weighted by molar-refractivity contribution is -0.157. The number of ether oxygens (including phenoxy) is 2. The molecule has 0 aliphatic carbocycles. The van der Waals surface area contributed by atoms with Gasteiger partial charge in [-0.2, -0.15) is 13.2 Å². The predicted octanol–water partition coefficient (Wildman–Crippen LogP) is 5.23. The Hall–Kier alpha value is -1.47. The topological polar surface area (TPSA) is 61.5 Å². The number of hydrogen-bond donors (Lipinski definition) is 1. The largest absolute Gasteiger partial charge is 0.486 e. The second-order valence-electron chi connectivity index (χ2n) is 7.09. The summed E-state index contributed by atoms with van der Waals surface area (Å²) in [6, 6.07) is 3.79. The van der Waals surface area contributed by atoms with Gasteiger partial charge in [0.2, 0.25) is 0 Å². The highest BCUT2D eigenvalue weighted by molar-refractivity contribution is 5.85. The molecule has 0 amide bonds. The van der Waals surface area contributed by atoms with Crippen molar-refractivity contribution in [3.8, 4) is 5.75 Å². The van der Waals surface area contributed by atoms with Gasteiger partial charge >= 0.3 is 12.1 Å². The number of nitrogens with two attached hydrogens (primary N) is 1. The molecule has 1 aromatic rings. The van der Waals surface area contributed by atoms with Gasteiger partial charge in [0.25, 0.3) is 0 Å². The van der Waals surface area contributed by atoms with Crippen LogP contribution in [0.15, 0.2) is 24.3 Å². The Balaban J connectivity index is 0.00000729. The van der Waals surface area contributed by atoms with Crippen LogP contribution in [0.25, 0.3) is 0 Å². The van der Waals surface area contributed by atoms with Gasteiger partial charge in [-0.25, -0.2) is 0 Å². The lowest BCUT2D eigenvalue weighted by Gasteiger charge is -2.32. The van der Waals surface area contributed by atoms with E-state index in [2.05, 4.69) is 0 Å². The third-order valence-electron chi connectivity index (χ3n) is 4.72. The standard InChI is InChI=1S/C20H30F3NO3.ClH/c1-6-14(7-2)18(13(5)26-19(25)17(24)12(3)4)27-16-10-8-15(9-11-16)20(21,22)23;/h8-14,17-18H,6-7,24H2,1-5H3;1H/t13-,17-,18-;/m0./s1. The van der Waals surface area contributed by atoms with Crippen LogP contribution < -0.4 is 10.5 Å². The van der Waals surface area contributed by atoms with Crippen LogP contribution in [0.1, 0.15) is 53.0 Å².